The predicted octanol–water partition coefficient (Wildman–Crippen LogP) is 4.25. The Morgan fingerprint density at radius 3 is 2.59 bits per heavy atom. The molecule has 0 amide bonds. The molecule has 0 radical (unpaired) electrons. The summed E-state index contributed by atoms with van der Waals surface area (Å²) in [5, 5.41) is 3.27. The van der Waals surface area contributed by atoms with Gasteiger partial charge in [0.05, 0.1) is 5.69 Å². The second-order valence-corrected chi connectivity index (χ2v) is 3.86. The Kier molecular flexibility index (Phi) is 3.55. The molecule has 0 fully saturated rings. The standard InChI is InChI=1S/C15H16N2/c1-3-12(2)14-10-7-11-15(17-14)16-13-8-5-4-6-9-13/h4-11H,2-3H2,1H3,(H,16,17). The monoisotopic (exact) mass is 224 g/mol. The summed E-state index contributed by atoms with van der Waals surface area (Å²) in [5.41, 5.74) is 3.05. The molecule has 0 aliphatic rings. The van der Waals surface area contributed by atoms with Crippen LogP contribution in [0.1, 0.15) is 19.0 Å². The minimum absolute atomic E-state index is 0.850. The summed E-state index contributed by atoms with van der Waals surface area (Å²) in [4.78, 5) is 4.53. The van der Waals surface area contributed by atoms with Gasteiger partial charge in [-0.2, -0.15) is 0 Å². The van der Waals surface area contributed by atoms with Crippen LogP contribution in [0.3, 0.4) is 0 Å². The van der Waals surface area contributed by atoms with E-state index in [4.69, 9.17) is 0 Å². The molecule has 0 saturated carbocycles. The maximum Gasteiger partial charge on any atom is 0.131 e. The highest BCUT2D eigenvalue weighted by Gasteiger charge is 2.00. The lowest BCUT2D eigenvalue weighted by molar-refractivity contribution is 1.18. The van der Waals surface area contributed by atoms with E-state index in [0.29, 0.717) is 0 Å². The quantitative estimate of drug-likeness (QED) is 0.839. The zero-order valence-corrected chi connectivity index (χ0v) is 9.98. The van der Waals surface area contributed by atoms with E-state index in [9.17, 15) is 0 Å². The van der Waals surface area contributed by atoms with Crippen molar-refractivity contribution in [2.45, 2.75) is 13.3 Å². The van der Waals surface area contributed by atoms with Gasteiger partial charge in [0.15, 0.2) is 0 Å². The van der Waals surface area contributed by atoms with Crippen LogP contribution in [-0.2, 0) is 0 Å². The SMILES string of the molecule is C=C(CC)c1cccc(Nc2ccccc2)n1. The first-order valence-electron chi connectivity index (χ1n) is 5.77. The third-order valence-corrected chi connectivity index (χ3v) is 2.58. The average molecular weight is 224 g/mol. The molecule has 2 aromatic rings. The van der Waals surface area contributed by atoms with Crippen LogP contribution >= 0.6 is 0 Å². The Morgan fingerprint density at radius 2 is 1.88 bits per heavy atom. The van der Waals surface area contributed by atoms with Gasteiger partial charge in [-0.1, -0.05) is 37.8 Å². The number of allylic oxidation sites excluding steroid dienone is 1. The fourth-order valence-corrected chi connectivity index (χ4v) is 1.55. The Hall–Kier alpha value is -2.09. The molecule has 86 valence electrons. The number of benzene rings is 1. The van der Waals surface area contributed by atoms with Crippen LogP contribution in [0.5, 0.6) is 0 Å². The van der Waals surface area contributed by atoms with Crippen LogP contribution in [-0.4, -0.2) is 4.98 Å². The fourth-order valence-electron chi connectivity index (χ4n) is 1.55. The summed E-state index contributed by atoms with van der Waals surface area (Å²) in [7, 11) is 0. The molecule has 0 bridgehead atoms. The molecule has 2 heteroatoms. The van der Waals surface area contributed by atoms with Gasteiger partial charge >= 0.3 is 0 Å². The van der Waals surface area contributed by atoms with Gasteiger partial charge in [0.25, 0.3) is 0 Å². The summed E-state index contributed by atoms with van der Waals surface area (Å²) >= 11 is 0. The summed E-state index contributed by atoms with van der Waals surface area (Å²) < 4.78 is 0. The lowest BCUT2D eigenvalue weighted by Crippen LogP contribution is -1.95. The van der Waals surface area contributed by atoms with Crippen molar-refractivity contribution in [1.29, 1.82) is 0 Å². The number of hydrogen-bond acceptors (Lipinski definition) is 2. The van der Waals surface area contributed by atoms with Gasteiger partial charge < -0.3 is 5.32 Å². The third-order valence-electron chi connectivity index (χ3n) is 2.58. The largest absolute Gasteiger partial charge is 0.340 e. The molecule has 1 aromatic carbocycles. The van der Waals surface area contributed by atoms with Crippen LogP contribution in [0, 0.1) is 0 Å². The minimum Gasteiger partial charge on any atom is -0.340 e. The van der Waals surface area contributed by atoms with E-state index >= 15 is 0 Å². The van der Waals surface area contributed by atoms with Gasteiger partial charge in [-0.3, -0.25) is 0 Å². The number of anilines is 2. The molecular weight excluding hydrogens is 208 g/mol. The van der Waals surface area contributed by atoms with Gasteiger partial charge in [-0.25, -0.2) is 4.98 Å². The zero-order chi connectivity index (χ0) is 12.1. The fraction of sp³-hybridized carbons (Fsp3) is 0.133. The number of nitrogens with one attached hydrogen (secondary N) is 1. The Morgan fingerprint density at radius 1 is 1.12 bits per heavy atom. The highest BCUT2D eigenvalue weighted by atomic mass is 15.0. The minimum atomic E-state index is 0.850. The normalized spacial score (nSPS) is 9.94. The Bertz CT molecular complexity index is 503. The maximum absolute atomic E-state index is 4.53. The number of hydrogen-bond donors (Lipinski definition) is 1. The van der Waals surface area contributed by atoms with Crippen molar-refractivity contribution in [3.05, 3.63) is 60.8 Å². The van der Waals surface area contributed by atoms with Gasteiger partial charge in [0, 0.05) is 5.69 Å². The molecule has 2 nitrogen and oxygen atoms in total. The molecule has 0 aliphatic heterocycles. The number of para-hydroxylation sites is 1. The van der Waals surface area contributed by atoms with E-state index in [1.165, 1.54) is 0 Å². The topological polar surface area (TPSA) is 24.9 Å². The summed E-state index contributed by atoms with van der Waals surface area (Å²) in [6.45, 7) is 6.09. The highest BCUT2D eigenvalue weighted by Crippen LogP contribution is 2.18. The third kappa shape index (κ3) is 2.94. The molecule has 1 aromatic heterocycles. The van der Waals surface area contributed by atoms with Crippen molar-refractivity contribution in [2.75, 3.05) is 5.32 Å². The number of aromatic nitrogens is 1. The van der Waals surface area contributed by atoms with Crippen molar-refractivity contribution >= 4 is 17.1 Å². The molecule has 17 heavy (non-hydrogen) atoms. The Labute approximate surface area is 102 Å². The first kappa shape index (κ1) is 11.4. The number of nitrogens with zero attached hydrogens (tertiary/aromatic N) is 1. The molecule has 2 rings (SSSR count). The predicted molar refractivity (Wildman–Crippen MR) is 73.3 cm³/mol. The van der Waals surface area contributed by atoms with E-state index in [0.717, 1.165) is 29.2 Å². The Balaban J connectivity index is 2.20. The van der Waals surface area contributed by atoms with Gasteiger partial charge in [-0.15, -0.1) is 0 Å². The maximum atomic E-state index is 4.53. The first-order valence-corrected chi connectivity index (χ1v) is 5.77. The van der Waals surface area contributed by atoms with Crippen LogP contribution in [0.15, 0.2) is 55.1 Å². The van der Waals surface area contributed by atoms with Crippen molar-refractivity contribution < 1.29 is 0 Å². The van der Waals surface area contributed by atoms with Gasteiger partial charge in [0.1, 0.15) is 5.82 Å². The zero-order valence-electron chi connectivity index (χ0n) is 9.98. The molecule has 0 aliphatic carbocycles. The molecule has 0 atom stereocenters. The molecule has 0 saturated heterocycles. The van der Waals surface area contributed by atoms with E-state index in [2.05, 4.69) is 23.8 Å². The van der Waals surface area contributed by atoms with Crippen LogP contribution in [0.2, 0.25) is 0 Å². The second-order valence-electron chi connectivity index (χ2n) is 3.86. The molecule has 1 N–H and O–H groups in total. The van der Waals surface area contributed by atoms with E-state index in [1.54, 1.807) is 0 Å². The van der Waals surface area contributed by atoms with E-state index < -0.39 is 0 Å². The summed E-state index contributed by atoms with van der Waals surface area (Å²) in [6, 6.07) is 16.0. The molecule has 1 heterocycles. The van der Waals surface area contributed by atoms with Gasteiger partial charge in [0.2, 0.25) is 0 Å². The second kappa shape index (κ2) is 5.30. The molecule has 0 spiro atoms. The molecule has 0 unspecified atom stereocenters. The van der Waals surface area contributed by atoms with Gasteiger partial charge in [-0.05, 0) is 36.3 Å². The van der Waals surface area contributed by atoms with Crippen molar-refractivity contribution in [3.63, 3.8) is 0 Å². The number of pyridine rings is 1. The van der Waals surface area contributed by atoms with Crippen LogP contribution in [0.4, 0.5) is 11.5 Å². The van der Waals surface area contributed by atoms with Crippen molar-refractivity contribution in [1.82, 2.24) is 4.98 Å². The number of rotatable bonds is 4. The van der Waals surface area contributed by atoms with Crippen molar-refractivity contribution in [2.24, 2.45) is 0 Å². The first-order chi connectivity index (χ1) is 8.29. The van der Waals surface area contributed by atoms with E-state index in [-0.39, 0.29) is 0 Å². The summed E-state index contributed by atoms with van der Waals surface area (Å²) in [5.74, 6) is 0.850. The molecular formula is C15H16N2. The summed E-state index contributed by atoms with van der Waals surface area (Å²) in [6.07, 6.45) is 0.918. The van der Waals surface area contributed by atoms with Crippen LogP contribution < -0.4 is 5.32 Å². The lowest BCUT2D eigenvalue weighted by atomic mass is 10.1. The highest BCUT2D eigenvalue weighted by molar-refractivity contribution is 5.63. The van der Waals surface area contributed by atoms with Crippen LogP contribution in [0.25, 0.3) is 5.57 Å². The lowest BCUT2D eigenvalue weighted by Gasteiger charge is -2.07. The van der Waals surface area contributed by atoms with E-state index in [1.807, 2.05) is 48.5 Å². The average Bonchev–Trinajstić information content (AvgIpc) is 2.39. The van der Waals surface area contributed by atoms with Crippen molar-refractivity contribution in [3.8, 4) is 0 Å². The smallest absolute Gasteiger partial charge is 0.131 e.